The monoisotopic (exact) mass is 382 g/mol. The molecule has 29 heavy (non-hydrogen) atoms. The lowest BCUT2D eigenvalue weighted by molar-refractivity contribution is 0.156. The van der Waals surface area contributed by atoms with Crippen LogP contribution in [0.25, 0.3) is 16.8 Å². The van der Waals surface area contributed by atoms with Gasteiger partial charge in [0.25, 0.3) is 0 Å². The summed E-state index contributed by atoms with van der Waals surface area (Å²) in [6, 6.07) is 26.5. The van der Waals surface area contributed by atoms with E-state index in [2.05, 4.69) is 12.1 Å². The fourth-order valence-corrected chi connectivity index (χ4v) is 4.00. The highest BCUT2D eigenvalue weighted by molar-refractivity contribution is 5.94. The van der Waals surface area contributed by atoms with E-state index < -0.39 is 5.60 Å². The average Bonchev–Trinajstić information content (AvgIpc) is 2.79. The Balaban J connectivity index is 1.74. The summed E-state index contributed by atoms with van der Waals surface area (Å²) in [4.78, 5) is 0. The number of halogens is 1. The molecular weight excluding hydrogens is 363 g/mol. The zero-order chi connectivity index (χ0) is 19.8. The van der Waals surface area contributed by atoms with Crippen molar-refractivity contribution in [2.75, 3.05) is 7.11 Å². The molecule has 0 saturated carbocycles. The molecule has 1 aliphatic heterocycles. The highest BCUT2D eigenvalue weighted by Crippen LogP contribution is 2.45. The van der Waals surface area contributed by atoms with Crippen molar-refractivity contribution in [1.29, 1.82) is 0 Å². The Kier molecular flexibility index (Phi) is 4.09. The van der Waals surface area contributed by atoms with Crippen LogP contribution < -0.4 is 9.47 Å². The van der Waals surface area contributed by atoms with Crippen molar-refractivity contribution in [3.8, 4) is 11.5 Å². The van der Waals surface area contributed by atoms with E-state index in [1.807, 2.05) is 66.7 Å². The minimum Gasteiger partial charge on any atom is -0.497 e. The van der Waals surface area contributed by atoms with Gasteiger partial charge in [0.05, 0.1) is 7.11 Å². The molecule has 0 fully saturated rings. The molecule has 2 nitrogen and oxygen atoms in total. The number of hydrogen-bond acceptors (Lipinski definition) is 2. The largest absolute Gasteiger partial charge is 0.497 e. The van der Waals surface area contributed by atoms with E-state index >= 15 is 0 Å². The summed E-state index contributed by atoms with van der Waals surface area (Å²) in [6.45, 7) is 0. The molecule has 1 aliphatic rings. The predicted molar refractivity (Wildman–Crippen MR) is 114 cm³/mol. The summed E-state index contributed by atoms with van der Waals surface area (Å²) in [6.07, 6.45) is 3.99. The highest BCUT2D eigenvalue weighted by atomic mass is 19.1. The van der Waals surface area contributed by atoms with E-state index in [9.17, 15) is 4.39 Å². The van der Waals surface area contributed by atoms with Crippen molar-refractivity contribution in [2.45, 2.75) is 5.60 Å². The van der Waals surface area contributed by atoms with E-state index in [0.29, 0.717) is 5.56 Å². The van der Waals surface area contributed by atoms with E-state index in [0.717, 1.165) is 33.4 Å². The fourth-order valence-electron chi connectivity index (χ4n) is 4.00. The molecule has 142 valence electrons. The third kappa shape index (κ3) is 2.78. The van der Waals surface area contributed by atoms with Gasteiger partial charge in [0, 0.05) is 16.7 Å². The molecule has 3 heteroatoms. The Labute approximate surface area is 168 Å². The summed E-state index contributed by atoms with van der Waals surface area (Å²) in [7, 11) is 1.63. The van der Waals surface area contributed by atoms with Crippen LogP contribution in [0, 0.1) is 5.82 Å². The van der Waals surface area contributed by atoms with Gasteiger partial charge in [-0.15, -0.1) is 0 Å². The van der Waals surface area contributed by atoms with Crippen molar-refractivity contribution in [1.82, 2.24) is 0 Å². The standard InChI is InChI=1S/C26H19FO2/c1-28-20-13-11-19(12-14-20)26(23-8-4-5-9-24(23)27)17-16-22-21-7-3-2-6-18(21)10-15-25(22)29-26/h2-17H,1H3/t26-/m0/s1. The second kappa shape index (κ2) is 6.78. The predicted octanol–water partition coefficient (Wildman–Crippen LogP) is 6.34. The summed E-state index contributed by atoms with van der Waals surface area (Å²) in [5.74, 6) is 1.16. The molecule has 5 rings (SSSR count). The first-order valence-corrected chi connectivity index (χ1v) is 9.51. The molecule has 0 saturated heterocycles. The number of benzene rings is 4. The first-order chi connectivity index (χ1) is 14.2. The highest BCUT2D eigenvalue weighted by Gasteiger charge is 2.39. The maximum absolute atomic E-state index is 14.9. The molecule has 0 unspecified atom stereocenters. The Hall–Kier alpha value is -3.59. The lowest BCUT2D eigenvalue weighted by atomic mass is 9.83. The number of ether oxygens (including phenoxy) is 2. The van der Waals surface area contributed by atoms with E-state index in [1.54, 1.807) is 19.2 Å². The van der Waals surface area contributed by atoms with Gasteiger partial charge < -0.3 is 9.47 Å². The topological polar surface area (TPSA) is 18.5 Å². The van der Waals surface area contributed by atoms with E-state index in [4.69, 9.17) is 9.47 Å². The van der Waals surface area contributed by atoms with Gasteiger partial charge in [-0.2, -0.15) is 0 Å². The zero-order valence-electron chi connectivity index (χ0n) is 15.9. The van der Waals surface area contributed by atoms with Gasteiger partial charge in [0.2, 0.25) is 0 Å². The second-order valence-electron chi connectivity index (χ2n) is 7.08. The van der Waals surface area contributed by atoms with Crippen LogP contribution in [0.5, 0.6) is 11.5 Å². The lowest BCUT2D eigenvalue weighted by Gasteiger charge is -2.36. The van der Waals surface area contributed by atoms with Gasteiger partial charge in [-0.25, -0.2) is 4.39 Å². The maximum Gasteiger partial charge on any atom is 0.180 e. The minimum atomic E-state index is -1.06. The molecule has 0 N–H and O–H groups in total. The van der Waals surface area contributed by atoms with Crippen molar-refractivity contribution < 1.29 is 13.9 Å². The number of methoxy groups -OCH3 is 1. The van der Waals surface area contributed by atoms with Crippen molar-refractivity contribution >= 4 is 16.8 Å². The van der Waals surface area contributed by atoms with Crippen molar-refractivity contribution in [2.24, 2.45) is 0 Å². The third-order valence-corrected chi connectivity index (χ3v) is 5.48. The minimum absolute atomic E-state index is 0.308. The van der Waals surface area contributed by atoms with Crippen LogP contribution in [-0.4, -0.2) is 7.11 Å². The Bertz CT molecular complexity index is 1230. The molecule has 0 amide bonds. The van der Waals surface area contributed by atoms with Crippen LogP contribution in [0.4, 0.5) is 4.39 Å². The molecule has 4 aromatic carbocycles. The van der Waals surface area contributed by atoms with Crippen molar-refractivity contribution in [3.63, 3.8) is 0 Å². The third-order valence-electron chi connectivity index (χ3n) is 5.48. The van der Waals surface area contributed by atoms with Gasteiger partial charge in [0.1, 0.15) is 17.3 Å². The number of rotatable bonds is 3. The average molecular weight is 382 g/mol. The molecular formula is C26H19FO2. The Morgan fingerprint density at radius 3 is 2.38 bits per heavy atom. The van der Waals surface area contributed by atoms with Gasteiger partial charge >= 0.3 is 0 Å². The second-order valence-corrected chi connectivity index (χ2v) is 7.08. The lowest BCUT2D eigenvalue weighted by Crippen LogP contribution is -2.35. The molecule has 1 atom stereocenters. The number of fused-ring (bicyclic) bond motifs is 3. The van der Waals surface area contributed by atoms with Crippen LogP contribution in [-0.2, 0) is 5.60 Å². The van der Waals surface area contributed by atoms with Crippen LogP contribution in [0.2, 0.25) is 0 Å². The van der Waals surface area contributed by atoms with Gasteiger partial charge in [-0.05, 0) is 47.2 Å². The SMILES string of the molecule is COc1ccc([C@]2(c3ccccc3F)C=Cc3c(ccc4ccccc34)O2)cc1. The summed E-state index contributed by atoms with van der Waals surface area (Å²) >= 11 is 0. The van der Waals surface area contributed by atoms with Gasteiger partial charge in [-0.3, -0.25) is 0 Å². The van der Waals surface area contributed by atoms with Crippen molar-refractivity contribution in [3.05, 3.63) is 114 Å². The summed E-state index contributed by atoms with van der Waals surface area (Å²) in [5, 5.41) is 2.25. The molecule has 0 spiro atoms. The maximum atomic E-state index is 14.9. The van der Waals surface area contributed by atoms with Crippen LogP contribution in [0.15, 0.2) is 91.0 Å². The van der Waals surface area contributed by atoms with Crippen LogP contribution >= 0.6 is 0 Å². The van der Waals surface area contributed by atoms with Crippen LogP contribution in [0.1, 0.15) is 16.7 Å². The zero-order valence-corrected chi connectivity index (χ0v) is 15.9. The first-order valence-electron chi connectivity index (χ1n) is 9.51. The molecule has 0 bridgehead atoms. The molecule has 0 aromatic heterocycles. The molecule has 0 aliphatic carbocycles. The molecule has 0 radical (unpaired) electrons. The van der Waals surface area contributed by atoms with Gasteiger partial charge in [-0.1, -0.05) is 60.7 Å². The normalized spacial score (nSPS) is 17.6. The Morgan fingerprint density at radius 2 is 1.59 bits per heavy atom. The molecule has 4 aromatic rings. The number of hydrogen-bond donors (Lipinski definition) is 0. The Morgan fingerprint density at radius 1 is 0.828 bits per heavy atom. The van der Waals surface area contributed by atoms with E-state index in [-0.39, 0.29) is 5.82 Å². The van der Waals surface area contributed by atoms with E-state index in [1.165, 1.54) is 6.07 Å². The smallest absolute Gasteiger partial charge is 0.180 e. The van der Waals surface area contributed by atoms with Gasteiger partial charge in [0.15, 0.2) is 5.60 Å². The fraction of sp³-hybridized carbons (Fsp3) is 0.0769. The summed E-state index contributed by atoms with van der Waals surface area (Å²) < 4.78 is 26.8. The summed E-state index contributed by atoms with van der Waals surface area (Å²) in [5.41, 5.74) is 1.25. The molecule has 1 heterocycles. The first kappa shape index (κ1) is 17.5. The van der Waals surface area contributed by atoms with Crippen LogP contribution in [0.3, 0.4) is 0 Å². The quantitative estimate of drug-likeness (QED) is 0.412.